The number of hydrogen-bond donors (Lipinski definition) is 1. The maximum atomic E-state index is 12.6. The molecule has 0 bridgehead atoms. The molecule has 1 aromatic heterocycles. The fourth-order valence-electron chi connectivity index (χ4n) is 2.12. The summed E-state index contributed by atoms with van der Waals surface area (Å²) in [4.78, 5) is 15.3. The summed E-state index contributed by atoms with van der Waals surface area (Å²) in [5.74, 6) is -0.596. The molecule has 0 saturated carbocycles. The minimum absolute atomic E-state index is 0.0443. The van der Waals surface area contributed by atoms with Crippen LogP contribution in [0, 0.1) is 0 Å². The lowest BCUT2D eigenvalue weighted by Crippen LogP contribution is -2.10. The van der Waals surface area contributed by atoms with Crippen molar-refractivity contribution in [2.75, 3.05) is 0 Å². The average molecular weight is 268 g/mol. The molecule has 2 aromatic rings. The van der Waals surface area contributed by atoms with Crippen LogP contribution in [0.15, 0.2) is 18.2 Å². The van der Waals surface area contributed by atoms with E-state index in [0.717, 1.165) is 6.42 Å². The van der Waals surface area contributed by atoms with Crippen molar-refractivity contribution in [1.82, 2.24) is 9.55 Å². The number of aryl methyl sites for hydroxylation is 1. The van der Waals surface area contributed by atoms with Gasteiger partial charge in [-0.05, 0) is 18.6 Å². The van der Waals surface area contributed by atoms with E-state index in [0.29, 0.717) is 17.8 Å². The highest BCUT2D eigenvalue weighted by molar-refractivity contribution is 6.01. The van der Waals surface area contributed by atoms with E-state index in [2.05, 4.69) is 4.98 Å². The highest BCUT2D eigenvalue weighted by Crippen LogP contribution is 2.22. The molecule has 0 unspecified atom stereocenters. The van der Waals surface area contributed by atoms with E-state index in [-0.39, 0.29) is 11.1 Å². The van der Waals surface area contributed by atoms with Gasteiger partial charge in [-0.25, -0.2) is 18.6 Å². The summed E-state index contributed by atoms with van der Waals surface area (Å²) < 4.78 is 26.7. The van der Waals surface area contributed by atoms with E-state index in [9.17, 15) is 13.6 Å². The first-order chi connectivity index (χ1) is 9.04. The molecule has 0 radical (unpaired) electrons. The Morgan fingerprint density at radius 1 is 1.47 bits per heavy atom. The Bertz CT molecular complexity index is 608. The maximum Gasteiger partial charge on any atom is 0.337 e. The SMILES string of the molecule is CCCc1nc2c(C(=O)O)cccc2n1CC(F)F. The number of aromatic nitrogens is 2. The van der Waals surface area contributed by atoms with E-state index in [1.807, 2.05) is 6.92 Å². The van der Waals surface area contributed by atoms with Gasteiger partial charge in [-0.2, -0.15) is 0 Å². The van der Waals surface area contributed by atoms with Crippen molar-refractivity contribution >= 4 is 17.0 Å². The van der Waals surface area contributed by atoms with E-state index in [1.54, 1.807) is 12.1 Å². The quantitative estimate of drug-likeness (QED) is 0.907. The van der Waals surface area contributed by atoms with Crippen LogP contribution in [0.5, 0.6) is 0 Å². The molecule has 0 atom stereocenters. The number of para-hydroxylation sites is 1. The third-order valence-electron chi connectivity index (χ3n) is 2.88. The van der Waals surface area contributed by atoms with Gasteiger partial charge in [0.1, 0.15) is 11.3 Å². The molecule has 0 amide bonds. The molecule has 4 nitrogen and oxygen atoms in total. The van der Waals surface area contributed by atoms with Crippen LogP contribution in [0.4, 0.5) is 8.78 Å². The van der Waals surface area contributed by atoms with Gasteiger partial charge in [0.15, 0.2) is 0 Å². The summed E-state index contributed by atoms with van der Waals surface area (Å²) >= 11 is 0. The van der Waals surface area contributed by atoms with Gasteiger partial charge in [0, 0.05) is 6.42 Å². The summed E-state index contributed by atoms with van der Waals surface area (Å²) in [5, 5.41) is 9.10. The zero-order chi connectivity index (χ0) is 14.0. The zero-order valence-corrected chi connectivity index (χ0v) is 10.4. The number of halogens is 2. The van der Waals surface area contributed by atoms with Gasteiger partial charge in [-0.1, -0.05) is 13.0 Å². The molecule has 0 aliphatic rings. The normalized spacial score (nSPS) is 11.4. The molecule has 0 spiro atoms. The largest absolute Gasteiger partial charge is 0.478 e. The molecule has 19 heavy (non-hydrogen) atoms. The molecule has 0 aliphatic heterocycles. The molecule has 1 aromatic carbocycles. The topological polar surface area (TPSA) is 55.1 Å². The molecular weight excluding hydrogens is 254 g/mol. The Morgan fingerprint density at radius 2 is 2.21 bits per heavy atom. The van der Waals surface area contributed by atoms with Crippen LogP contribution in [-0.2, 0) is 13.0 Å². The molecule has 102 valence electrons. The number of imidazole rings is 1. The van der Waals surface area contributed by atoms with Crippen molar-refractivity contribution in [2.24, 2.45) is 0 Å². The lowest BCUT2D eigenvalue weighted by molar-refractivity contribution is 0.0699. The van der Waals surface area contributed by atoms with Crippen molar-refractivity contribution in [3.63, 3.8) is 0 Å². The van der Waals surface area contributed by atoms with Gasteiger partial charge in [-0.3, -0.25) is 0 Å². The molecule has 6 heteroatoms. The second-order valence-corrected chi connectivity index (χ2v) is 4.26. The summed E-state index contributed by atoms with van der Waals surface area (Å²) in [6.45, 7) is 1.46. The van der Waals surface area contributed by atoms with Crippen LogP contribution in [0.2, 0.25) is 0 Å². The van der Waals surface area contributed by atoms with Crippen LogP contribution in [0.3, 0.4) is 0 Å². The summed E-state index contributed by atoms with van der Waals surface area (Å²) in [7, 11) is 0. The monoisotopic (exact) mass is 268 g/mol. The molecule has 0 fully saturated rings. The van der Waals surface area contributed by atoms with Crippen LogP contribution in [0.1, 0.15) is 29.5 Å². The van der Waals surface area contributed by atoms with Crippen LogP contribution >= 0.6 is 0 Å². The van der Waals surface area contributed by atoms with Gasteiger partial charge in [0.2, 0.25) is 0 Å². The molecule has 0 saturated heterocycles. The number of carboxylic acids is 1. The van der Waals surface area contributed by atoms with Gasteiger partial charge in [-0.15, -0.1) is 0 Å². The number of carboxylic acid groups (broad SMARTS) is 1. The van der Waals surface area contributed by atoms with Gasteiger partial charge >= 0.3 is 5.97 Å². The lowest BCUT2D eigenvalue weighted by atomic mass is 10.2. The van der Waals surface area contributed by atoms with Crippen molar-refractivity contribution in [1.29, 1.82) is 0 Å². The van der Waals surface area contributed by atoms with Crippen molar-refractivity contribution in [3.05, 3.63) is 29.6 Å². The number of alkyl halides is 2. The summed E-state index contributed by atoms with van der Waals surface area (Å²) in [6, 6.07) is 4.60. The Kier molecular flexibility index (Phi) is 3.78. The summed E-state index contributed by atoms with van der Waals surface area (Å²) in [5.41, 5.74) is 0.769. The van der Waals surface area contributed by atoms with E-state index < -0.39 is 18.9 Å². The number of benzene rings is 1. The highest BCUT2D eigenvalue weighted by atomic mass is 19.3. The number of aromatic carboxylic acids is 1. The molecule has 0 aliphatic carbocycles. The molecule has 1 heterocycles. The minimum atomic E-state index is -2.50. The second kappa shape index (κ2) is 5.34. The number of carbonyl (C=O) groups is 1. The fourth-order valence-corrected chi connectivity index (χ4v) is 2.12. The standard InChI is InChI=1S/C13H14F2N2O2/c1-2-4-11-16-12-8(13(18)19)5-3-6-9(12)17(11)7-10(14)15/h3,5-6,10H,2,4,7H2,1H3,(H,18,19). The van der Waals surface area contributed by atoms with E-state index in [1.165, 1.54) is 10.6 Å². The number of nitrogens with zero attached hydrogens (tertiary/aromatic N) is 2. The fraction of sp³-hybridized carbons (Fsp3) is 0.385. The number of hydrogen-bond acceptors (Lipinski definition) is 2. The molecular formula is C13H14F2N2O2. The van der Waals surface area contributed by atoms with Crippen LogP contribution in [-0.4, -0.2) is 27.1 Å². The third kappa shape index (κ3) is 2.57. The maximum absolute atomic E-state index is 12.6. The Morgan fingerprint density at radius 3 is 2.79 bits per heavy atom. The predicted molar refractivity (Wildman–Crippen MR) is 66.7 cm³/mol. The number of rotatable bonds is 5. The smallest absolute Gasteiger partial charge is 0.337 e. The van der Waals surface area contributed by atoms with Gasteiger partial charge in [0.25, 0.3) is 6.43 Å². The molecule has 1 N–H and O–H groups in total. The Hall–Kier alpha value is -1.98. The lowest BCUT2D eigenvalue weighted by Gasteiger charge is -2.07. The Labute approximate surface area is 108 Å². The minimum Gasteiger partial charge on any atom is -0.478 e. The van der Waals surface area contributed by atoms with Crippen molar-refractivity contribution < 1.29 is 18.7 Å². The average Bonchev–Trinajstić information content (AvgIpc) is 2.67. The first-order valence-electron chi connectivity index (χ1n) is 6.04. The van der Waals surface area contributed by atoms with Gasteiger partial charge in [0.05, 0.1) is 17.6 Å². The van der Waals surface area contributed by atoms with Crippen molar-refractivity contribution in [2.45, 2.75) is 32.7 Å². The number of fused-ring (bicyclic) bond motifs is 1. The predicted octanol–water partition coefficient (Wildman–Crippen LogP) is 2.95. The van der Waals surface area contributed by atoms with E-state index in [4.69, 9.17) is 5.11 Å². The second-order valence-electron chi connectivity index (χ2n) is 4.26. The Balaban J connectivity index is 2.65. The zero-order valence-electron chi connectivity index (χ0n) is 10.4. The van der Waals surface area contributed by atoms with Crippen LogP contribution < -0.4 is 0 Å². The highest BCUT2D eigenvalue weighted by Gasteiger charge is 2.18. The first-order valence-corrected chi connectivity index (χ1v) is 6.04. The van der Waals surface area contributed by atoms with E-state index >= 15 is 0 Å². The third-order valence-corrected chi connectivity index (χ3v) is 2.88. The summed E-state index contributed by atoms with van der Waals surface area (Å²) in [6.07, 6.45) is -1.20. The molecule has 2 rings (SSSR count). The first kappa shape index (κ1) is 13.5. The van der Waals surface area contributed by atoms with Gasteiger partial charge < -0.3 is 9.67 Å². The van der Waals surface area contributed by atoms with Crippen LogP contribution in [0.25, 0.3) is 11.0 Å². The van der Waals surface area contributed by atoms with Crippen molar-refractivity contribution in [3.8, 4) is 0 Å².